The number of aliphatic imine (C=N–C) groups is 1. The first-order valence-electron chi connectivity index (χ1n) is 6.97. The molecule has 0 aromatic carbocycles. The third-order valence-corrected chi connectivity index (χ3v) is 3.00. The van der Waals surface area contributed by atoms with Crippen LogP contribution in [0.3, 0.4) is 0 Å². The minimum Gasteiger partial charge on any atom is -0.378 e. The standard InChI is InChI=1S/C13H26N4O2/c1-4-14-13(16-10-12(18)17(2)3)15-8-7-11-6-5-9-19-11/h11H,4-10H2,1-3H3,(H2,14,15,16). The van der Waals surface area contributed by atoms with Gasteiger partial charge >= 0.3 is 0 Å². The number of carbonyl (C=O) groups excluding carboxylic acids is 1. The van der Waals surface area contributed by atoms with E-state index in [0.717, 1.165) is 39.0 Å². The molecule has 0 aromatic rings. The van der Waals surface area contributed by atoms with Crippen molar-refractivity contribution in [1.29, 1.82) is 0 Å². The van der Waals surface area contributed by atoms with Gasteiger partial charge in [0.15, 0.2) is 5.96 Å². The first kappa shape index (κ1) is 15.8. The molecule has 1 aliphatic heterocycles. The molecule has 1 saturated heterocycles. The summed E-state index contributed by atoms with van der Waals surface area (Å²) in [5.41, 5.74) is 0. The van der Waals surface area contributed by atoms with E-state index in [-0.39, 0.29) is 12.5 Å². The number of ether oxygens (including phenoxy) is 1. The molecule has 1 fully saturated rings. The van der Waals surface area contributed by atoms with Crippen molar-refractivity contribution in [2.24, 2.45) is 4.99 Å². The molecule has 0 aliphatic carbocycles. The average Bonchev–Trinajstić information content (AvgIpc) is 2.88. The largest absolute Gasteiger partial charge is 0.378 e. The van der Waals surface area contributed by atoms with Gasteiger partial charge in [0.25, 0.3) is 0 Å². The molecule has 0 saturated carbocycles. The van der Waals surface area contributed by atoms with Crippen LogP contribution in [0.5, 0.6) is 0 Å². The number of nitrogens with zero attached hydrogens (tertiary/aromatic N) is 2. The zero-order chi connectivity index (χ0) is 14.1. The van der Waals surface area contributed by atoms with Crippen LogP contribution < -0.4 is 10.6 Å². The minimum absolute atomic E-state index is 0.00340. The molecule has 19 heavy (non-hydrogen) atoms. The zero-order valence-corrected chi connectivity index (χ0v) is 12.2. The van der Waals surface area contributed by atoms with Gasteiger partial charge in [0.05, 0.1) is 6.10 Å². The number of nitrogens with one attached hydrogen (secondary N) is 2. The van der Waals surface area contributed by atoms with Gasteiger partial charge in [-0.15, -0.1) is 0 Å². The Labute approximate surface area is 115 Å². The fraction of sp³-hybridized carbons (Fsp3) is 0.846. The Hall–Kier alpha value is -1.30. The summed E-state index contributed by atoms with van der Waals surface area (Å²) in [5, 5.41) is 6.36. The van der Waals surface area contributed by atoms with E-state index in [0.29, 0.717) is 12.1 Å². The van der Waals surface area contributed by atoms with Crippen molar-refractivity contribution in [3.63, 3.8) is 0 Å². The third kappa shape index (κ3) is 6.42. The van der Waals surface area contributed by atoms with Crippen LogP contribution in [0, 0.1) is 0 Å². The number of hydrogen-bond donors (Lipinski definition) is 2. The molecule has 0 spiro atoms. The maximum Gasteiger partial charge on any atom is 0.243 e. The second kappa shape index (κ2) is 8.74. The first-order valence-corrected chi connectivity index (χ1v) is 6.97. The molecular formula is C13H26N4O2. The molecule has 6 heteroatoms. The zero-order valence-electron chi connectivity index (χ0n) is 12.2. The van der Waals surface area contributed by atoms with Crippen molar-refractivity contribution < 1.29 is 9.53 Å². The van der Waals surface area contributed by atoms with E-state index in [2.05, 4.69) is 15.6 Å². The number of rotatable bonds is 6. The lowest BCUT2D eigenvalue weighted by atomic mass is 10.2. The molecule has 0 bridgehead atoms. The van der Waals surface area contributed by atoms with Crippen molar-refractivity contribution in [2.75, 3.05) is 40.3 Å². The van der Waals surface area contributed by atoms with E-state index < -0.39 is 0 Å². The lowest BCUT2D eigenvalue weighted by Crippen LogP contribution is -2.39. The highest BCUT2D eigenvalue weighted by Gasteiger charge is 2.14. The first-order chi connectivity index (χ1) is 9.13. The van der Waals surface area contributed by atoms with Crippen LogP contribution in [0.4, 0.5) is 0 Å². The number of guanidine groups is 1. The van der Waals surface area contributed by atoms with Crippen LogP contribution in [0.25, 0.3) is 0 Å². The van der Waals surface area contributed by atoms with E-state index in [4.69, 9.17) is 4.74 Å². The molecule has 110 valence electrons. The summed E-state index contributed by atoms with van der Waals surface area (Å²) in [6, 6.07) is 0. The Morgan fingerprint density at radius 3 is 2.79 bits per heavy atom. The van der Waals surface area contributed by atoms with Gasteiger partial charge in [-0.3, -0.25) is 4.79 Å². The maximum absolute atomic E-state index is 11.5. The highest BCUT2D eigenvalue weighted by Crippen LogP contribution is 2.14. The van der Waals surface area contributed by atoms with Gasteiger partial charge < -0.3 is 20.3 Å². The normalized spacial score (nSPS) is 19.3. The minimum atomic E-state index is -0.00340. The van der Waals surface area contributed by atoms with Gasteiger partial charge in [-0.1, -0.05) is 0 Å². The fourth-order valence-corrected chi connectivity index (χ4v) is 1.85. The summed E-state index contributed by atoms with van der Waals surface area (Å²) in [4.78, 5) is 17.3. The summed E-state index contributed by atoms with van der Waals surface area (Å²) in [6.07, 6.45) is 3.66. The molecule has 1 heterocycles. The number of carbonyl (C=O) groups is 1. The SMILES string of the molecule is CCNC(=NCC(=O)N(C)C)NCCC1CCCO1. The molecule has 1 amide bonds. The number of likely N-dealkylation sites (N-methyl/N-ethyl adjacent to an activating group) is 1. The van der Waals surface area contributed by atoms with Crippen molar-refractivity contribution in [1.82, 2.24) is 15.5 Å². The highest BCUT2D eigenvalue weighted by molar-refractivity contribution is 5.84. The molecule has 1 rings (SSSR count). The second-order valence-corrected chi connectivity index (χ2v) is 4.83. The smallest absolute Gasteiger partial charge is 0.243 e. The molecule has 0 aromatic heterocycles. The summed E-state index contributed by atoms with van der Waals surface area (Å²) in [7, 11) is 3.46. The predicted octanol–water partition coefficient (Wildman–Crippen LogP) is 0.199. The molecular weight excluding hydrogens is 244 g/mol. The maximum atomic E-state index is 11.5. The third-order valence-electron chi connectivity index (χ3n) is 3.00. The van der Waals surface area contributed by atoms with Gasteiger partial charge in [0.2, 0.25) is 5.91 Å². The number of amides is 1. The molecule has 0 radical (unpaired) electrons. The van der Waals surface area contributed by atoms with Crippen molar-refractivity contribution >= 4 is 11.9 Å². The Morgan fingerprint density at radius 2 is 2.21 bits per heavy atom. The molecule has 1 aliphatic rings. The van der Waals surface area contributed by atoms with Crippen LogP contribution in [-0.2, 0) is 9.53 Å². The molecule has 1 atom stereocenters. The average molecular weight is 270 g/mol. The summed E-state index contributed by atoms with van der Waals surface area (Å²) >= 11 is 0. The lowest BCUT2D eigenvalue weighted by Gasteiger charge is -2.14. The Kier molecular flexibility index (Phi) is 7.25. The van der Waals surface area contributed by atoms with E-state index in [1.54, 1.807) is 19.0 Å². The van der Waals surface area contributed by atoms with Gasteiger partial charge in [0, 0.05) is 33.8 Å². The van der Waals surface area contributed by atoms with E-state index in [1.807, 2.05) is 6.92 Å². The van der Waals surface area contributed by atoms with Gasteiger partial charge in [-0.25, -0.2) is 4.99 Å². The molecule has 1 unspecified atom stereocenters. The summed E-state index contributed by atoms with van der Waals surface area (Å²) in [5.74, 6) is 0.687. The predicted molar refractivity (Wildman–Crippen MR) is 76.3 cm³/mol. The van der Waals surface area contributed by atoms with E-state index in [1.165, 1.54) is 0 Å². The van der Waals surface area contributed by atoms with Crippen LogP contribution in [0.2, 0.25) is 0 Å². The Morgan fingerprint density at radius 1 is 1.42 bits per heavy atom. The summed E-state index contributed by atoms with van der Waals surface area (Å²) < 4.78 is 5.56. The van der Waals surface area contributed by atoms with Crippen molar-refractivity contribution in [3.05, 3.63) is 0 Å². The van der Waals surface area contributed by atoms with Crippen LogP contribution in [-0.4, -0.2) is 63.2 Å². The molecule has 2 N–H and O–H groups in total. The lowest BCUT2D eigenvalue weighted by molar-refractivity contribution is -0.127. The number of hydrogen-bond acceptors (Lipinski definition) is 3. The van der Waals surface area contributed by atoms with Crippen LogP contribution in [0.1, 0.15) is 26.2 Å². The quantitative estimate of drug-likeness (QED) is 0.534. The van der Waals surface area contributed by atoms with Gasteiger partial charge in [-0.2, -0.15) is 0 Å². The van der Waals surface area contributed by atoms with E-state index in [9.17, 15) is 4.79 Å². The van der Waals surface area contributed by atoms with Crippen molar-refractivity contribution in [2.45, 2.75) is 32.3 Å². The molecule has 6 nitrogen and oxygen atoms in total. The highest BCUT2D eigenvalue weighted by atomic mass is 16.5. The van der Waals surface area contributed by atoms with Gasteiger partial charge in [-0.05, 0) is 26.2 Å². The Bertz CT molecular complexity index is 299. The topological polar surface area (TPSA) is 66.0 Å². The van der Waals surface area contributed by atoms with Gasteiger partial charge in [0.1, 0.15) is 6.54 Å². The Balaban J connectivity index is 2.29. The summed E-state index contributed by atoms with van der Waals surface area (Å²) in [6.45, 7) is 4.65. The van der Waals surface area contributed by atoms with Crippen molar-refractivity contribution in [3.8, 4) is 0 Å². The monoisotopic (exact) mass is 270 g/mol. The fourth-order valence-electron chi connectivity index (χ4n) is 1.85. The van der Waals surface area contributed by atoms with Crippen LogP contribution in [0.15, 0.2) is 4.99 Å². The second-order valence-electron chi connectivity index (χ2n) is 4.83. The van der Waals surface area contributed by atoms with E-state index >= 15 is 0 Å². The van der Waals surface area contributed by atoms with Crippen LogP contribution >= 0.6 is 0 Å².